The third kappa shape index (κ3) is 4.11. The number of anilines is 1. The molecule has 22 heavy (non-hydrogen) atoms. The maximum absolute atomic E-state index is 12.1. The van der Waals surface area contributed by atoms with Gasteiger partial charge in [0.2, 0.25) is 11.9 Å². The smallest absolute Gasteiger partial charge is 0.243 e. The summed E-state index contributed by atoms with van der Waals surface area (Å²) in [6, 6.07) is 1.55. The minimum atomic E-state index is -0.363. The van der Waals surface area contributed by atoms with Crippen molar-refractivity contribution in [1.29, 1.82) is 0 Å². The molecule has 2 aromatic rings. The van der Waals surface area contributed by atoms with Crippen LogP contribution in [0.5, 0.6) is 0 Å². The fraction of sp³-hybridized carbons (Fsp3) is 0.467. The lowest BCUT2D eigenvalue weighted by molar-refractivity contribution is -0.118. The van der Waals surface area contributed by atoms with Crippen molar-refractivity contribution in [3.8, 4) is 0 Å². The molecule has 2 aromatic heterocycles. The minimum Gasteiger partial charge on any atom is -0.301 e. The summed E-state index contributed by atoms with van der Waals surface area (Å²) in [7, 11) is 0. The highest BCUT2D eigenvalue weighted by Crippen LogP contribution is 2.11. The van der Waals surface area contributed by atoms with Gasteiger partial charge in [-0.25, -0.2) is 9.97 Å². The molecule has 0 aliphatic carbocycles. The van der Waals surface area contributed by atoms with Crippen molar-refractivity contribution in [3.05, 3.63) is 36.4 Å². The molecule has 7 nitrogen and oxygen atoms in total. The van der Waals surface area contributed by atoms with Crippen LogP contribution in [0.25, 0.3) is 0 Å². The lowest BCUT2D eigenvalue weighted by atomic mass is 10.1. The van der Waals surface area contributed by atoms with Crippen LogP contribution in [-0.2, 0) is 4.79 Å². The molecule has 1 amide bonds. The number of aromatic nitrogens is 4. The summed E-state index contributed by atoms with van der Waals surface area (Å²) in [4.78, 5) is 20.1. The number of rotatable bonds is 6. The summed E-state index contributed by atoms with van der Waals surface area (Å²) in [5, 5.41) is 10.3. The first-order valence-electron chi connectivity index (χ1n) is 7.32. The van der Waals surface area contributed by atoms with E-state index in [4.69, 9.17) is 0 Å². The number of aryl methyl sites for hydroxylation is 1. The van der Waals surface area contributed by atoms with Gasteiger partial charge in [-0.05, 0) is 39.3 Å². The molecule has 0 aliphatic rings. The summed E-state index contributed by atoms with van der Waals surface area (Å²) in [6.45, 7) is 7.92. The Kier molecular flexibility index (Phi) is 5.21. The highest BCUT2D eigenvalue weighted by molar-refractivity contribution is 5.93. The van der Waals surface area contributed by atoms with Crippen molar-refractivity contribution >= 4 is 11.9 Å². The molecule has 2 N–H and O–H groups in total. The van der Waals surface area contributed by atoms with Gasteiger partial charge >= 0.3 is 0 Å². The van der Waals surface area contributed by atoms with Crippen molar-refractivity contribution in [2.75, 3.05) is 5.32 Å². The van der Waals surface area contributed by atoms with E-state index in [-0.39, 0.29) is 24.0 Å². The van der Waals surface area contributed by atoms with Crippen LogP contribution in [0, 0.1) is 6.92 Å². The lowest BCUT2D eigenvalue weighted by Crippen LogP contribution is -2.45. The highest BCUT2D eigenvalue weighted by Gasteiger charge is 2.21. The van der Waals surface area contributed by atoms with Crippen molar-refractivity contribution < 1.29 is 4.79 Å². The van der Waals surface area contributed by atoms with E-state index in [2.05, 4.69) is 32.6 Å². The van der Waals surface area contributed by atoms with E-state index < -0.39 is 0 Å². The molecular formula is C15H22N6O. The third-order valence-electron chi connectivity index (χ3n) is 3.58. The molecule has 3 atom stereocenters. The highest BCUT2D eigenvalue weighted by atomic mass is 16.2. The Balaban J connectivity index is 1.90. The van der Waals surface area contributed by atoms with Gasteiger partial charge in [-0.3, -0.25) is 14.8 Å². The molecule has 0 bridgehead atoms. The molecule has 0 aliphatic heterocycles. The monoisotopic (exact) mass is 302 g/mol. The Bertz CT molecular complexity index is 612. The summed E-state index contributed by atoms with van der Waals surface area (Å²) in [5.41, 5.74) is 1.12. The zero-order valence-corrected chi connectivity index (χ0v) is 13.3. The van der Waals surface area contributed by atoms with Gasteiger partial charge in [-0.2, -0.15) is 5.10 Å². The number of nitrogens with one attached hydrogen (secondary N) is 2. The van der Waals surface area contributed by atoms with E-state index in [1.165, 1.54) is 0 Å². The standard InChI is InChI=1S/C15H22N6O/c1-10-8-18-21(9-10)13(4)11(2)19-12(3)14(22)20-15-16-6-5-7-17-15/h5-9,11-13,19H,1-4H3,(H,16,17,20,22)/t11-,12-,13+/m0/s1. The van der Waals surface area contributed by atoms with Gasteiger partial charge in [-0.1, -0.05) is 0 Å². The van der Waals surface area contributed by atoms with Gasteiger partial charge in [0.1, 0.15) is 0 Å². The zero-order chi connectivity index (χ0) is 16.1. The summed E-state index contributed by atoms with van der Waals surface area (Å²) in [6.07, 6.45) is 6.99. The number of amides is 1. The third-order valence-corrected chi connectivity index (χ3v) is 3.58. The van der Waals surface area contributed by atoms with E-state index in [9.17, 15) is 4.79 Å². The topological polar surface area (TPSA) is 84.7 Å². The van der Waals surface area contributed by atoms with Crippen molar-refractivity contribution in [2.45, 2.75) is 45.8 Å². The molecule has 0 aromatic carbocycles. The van der Waals surface area contributed by atoms with Gasteiger partial charge in [0.05, 0.1) is 18.3 Å². The van der Waals surface area contributed by atoms with Crippen LogP contribution >= 0.6 is 0 Å². The average molecular weight is 302 g/mol. The van der Waals surface area contributed by atoms with Crippen LogP contribution < -0.4 is 10.6 Å². The first-order chi connectivity index (χ1) is 10.5. The van der Waals surface area contributed by atoms with Gasteiger partial charge < -0.3 is 5.32 Å². The SMILES string of the molecule is Cc1cnn([C@H](C)[C@H](C)N[C@@H](C)C(=O)Nc2ncccn2)c1. The average Bonchev–Trinajstić information content (AvgIpc) is 2.93. The number of hydrogen-bond acceptors (Lipinski definition) is 5. The predicted molar refractivity (Wildman–Crippen MR) is 84.4 cm³/mol. The molecule has 7 heteroatoms. The molecule has 2 heterocycles. The van der Waals surface area contributed by atoms with E-state index in [0.29, 0.717) is 5.95 Å². The summed E-state index contributed by atoms with van der Waals surface area (Å²) < 4.78 is 1.90. The Morgan fingerprint density at radius 3 is 2.50 bits per heavy atom. The quantitative estimate of drug-likeness (QED) is 0.845. The minimum absolute atomic E-state index is 0.0803. The lowest BCUT2D eigenvalue weighted by Gasteiger charge is -2.25. The molecule has 0 saturated heterocycles. The van der Waals surface area contributed by atoms with Crippen molar-refractivity contribution in [1.82, 2.24) is 25.1 Å². The Morgan fingerprint density at radius 1 is 1.23 bits per heavy atom. The Hall–Kier alpha value is -2.28. The Labute approximate surface area is 130 Å². The maximum Gasteiger partial charge on any atom is 0.243 e. The first kappa shape index (κ1) is 16.1. The van der Waals surface area contributed by atoms with E-state index in [1.54, 1.807) is 18.5 Å². The number of carbonyl (C=O) groups excluding carboxylic acids is 1. The molecular weight excluding hydrogens is 280 g/mol. The number of hydrogen-bond donors (Lipinski definition) is 2. The van der Waals surface area contributed by atoms with Gasteiger partial charge in [-0.15, -0.1) is 0 Å². The summed E-state index contributed by atoms with van der Waals surface area (Å²) in [5.74, 6) is 0.145. The van der Waals surface area contributed by atoms with Crippen LogP contribution in [0.1, 0.15) is 32.4 Å². The molecule has 0 unspecified atom stereocenters. The van der Waals surface area contributed by atoms with Crippen LogP contribution in [0.15, 0.2) is 30.9 Å². The molecule has 0 radical (unpaired) electrons. The van der Waals surface area contributed by atoms with E-state index in [1.807, 2.05) is 37.8 Å². The molecule has 118 valence electrons. The number of carbonyl (C=O) groups is 1. The van der Waals surface area contributed by atoms with E-state index >= 15 is 0 Å². The van der Waals surface area contributed by atoms with E-state index in [0.717, 1.165) is 5.56 Å². The second-order valence-corrected chi connectivity index (χ2v) is 5.48. The second-order valence-electron chi connectivity index (χ2n) is 5.48. The van der Waals surface area contributed by atoms with Gasteiger partial charge in [0.25, 0.3) is 0 Å². The van der Waals surface area contributed by atoms with Crippen LogP contribution in [-0.4, -0.2) is 37.7 Å². The van der Waals surface area contributed by atoms with Gasteiger partial charge in [0, 0.05) is 24.6 Å². The molecule has 2 rings (SSSR count). The fourth-order valence-electron chi connectivity index (χ4n) is 2.08. The first-order valence-corrected chi connectivity index (χ1v) is 7.32. The molecule has 0 saturated carbocycles. The predicted octanol–water partition coefficient (Wildman–Crippen LogP) is 1.55. The number of nitrogens with zero attached hydrogens (tertiary/aromatic N) is 4. The van der Waals surface area contributed by atoms with Crippen LogP contribution in [0.3, 0.4) is 0 Å². The van der Waals surface area contributed by atoms with Crippen molar-refractivity contribution in [2.24, 2.45) is 0 Å². The van der Waals surface area contributed by atoms with Crippen LogP contribution in [0.4, 0.5) is 5.95 Å². The largest absolute Gasteiger partial charge is 0.301 e. The molecule has 0 fully saturated rings. The molecule has 0 spiro atoms. The zero-order valence-electron chi connectivity index (χ0n) is 13.3. The second kappa shape index (κ2) is 7.13. The van der Waals surface area contributed by atoms with Crippen LogP contribution in [0.2, 0.25) is 0 Å². The maximum atomic E-state index is 12.1. The normalized spacial score (nSPS) is 15.1. The summed E-state index contributed by atoms with van der Waals surface area (Å²) >= 11 is 0. The fourth-order valence-corrected chi connectivity index (χ4v) is 2.08. The Morgan fingerprint density at radius 2 is 1.91 bits per heavy atom. The van der Waals surface area contributed by atoms with Gasteiger partial charge in [0.15, 0.2) is 0 Å². The van der Waals surface area contributed by atoms with Crippen molar-refractivity contribution in [3.63, 3.8) is 0 Å².